The summed E-state index contributed by atoms with van der Waals surface area (Å²) in [4.78, 5) is 0. The van der Waals surface area contributed by atoms with Crippen molar-refractivity contribution in [3.63, 3.8) is 0 Å². The van der Waals surface area contributed by atoms with E-state index in [-0.39, 0.29) is 17.3 Å². The van der Waals surface area contributed by atoms with Gasteiger partial charge in [0, 0.05) is 23.8 Å². The maximum atomic E-state index is 14.1. The van der Waals surface area contributed by atoms with Crippen molar-refractivity contribution in [2.24, 2.45) is 0 Å². The van der Waals surface area contributed by atoms with Crippen LogP contribution in [0.25, 0.3) is 5.57 Å². The molecule has 3 rings (SSSR count). The zero-order valence-corrected chi connectivity index (χ0v) is 12.2. The van der Waals surface area contributed by atoms with Gasteiger partial charge in [0.2, 0.25) is 0 Å². The zero-order chi connectivity index (χ0) is 15.5. The zero-order valence-electron chi connectivity index (χ0n) is 12.2. The van der Waals surface area contributed by atoms with Crippen LogP contribution in [0.5, 0.6) is 0 Å². The molecule has 22 heavy (non-hydrogen) atoms. The number of rotatable bonds is 3. The maximum absolute atomic E-state index is 14.1. The Hall–Kier alpha value is -2.20. The van der Waals surface area contributed by atoms with Crippen LogP contribution in [0.3, 0.4) is 0 Å². The lowest BCUT2D eigenvalue weighted by atomic mass is 9.91. The van der Waals surface area contributed by atoms with Gasteiger partial charge in [0.15, 0.2) is 0 Å². The molecule has 2 nitrogen and oxygen atoms in total. The van der Waals surface area contributed by atoms with Crippen molar-refractivity contribution in [1.29, 1.82) is 0 Å². The van der Waals surface area contributed by atoms with Gasteiger partial charge in [-0.05, 0) is 36.1 Å². The summed E-state index contributed by atoms with van der Waals surface area (Å²) in [6, 6.07) is 12.6. The molecule has 1 heterocycles. The van der Waals surface area contributed by atoms with E-state index >= 15 is 0 Å². The lowest BCUT2D eigenvalue weighted by Crippen LogP contribution is -2.34. The second-order valence-electron chi connectivity index (χ2n) is 5.59. The number of hydrogen-bond donors (Lipinski definition) is 2. The fourth-order valence-electron chi connectivity index (χ4n) is 2.92. The molecule has 1 aliphatic heterocycles. The molecule has 0 aliphatic carbocycles. The average molecular weight is 300 g/mol. The first-order chi connectivity index (χ1) is 10.6. The summed E-state index contributed by atoms with van der Waals surface area (Å²) >= 11 is 0. The molecule has 0 spiro atoms. The van der Waals surface area contributed by atoms with Crippen LogP contribution >= 0.6 is 0 Å². The SMILES string of the molecule is Nc1cc(F)c(C2=CCNC(Cc3ccccc3)C2)c(F)c1. The lowest BCUT2D eigenvalue weighted by Gasteiger charge is -2.25. The predicted octanol–water partition coefficient (Wildman–Crippen LogP) is 3.54. The summed E-state index contributed by atoms with van der Waals surface area (Å²) in [5.41, 5.74) is 7.54. The van der Waals surface area contributed by atoms with Gasteiger partial charge in [0.05, 0.1) is 0 Å². The van der Waals surface area contributed by atoms with E-state index in [9.17, 15) is 8.78 Å². The molecule has 0 saturated carbocycles. The smallest absolute Gasteiger partial charge is 0.135 e. The van der Waals surface area contributed by atoms with Crippen LogP contribution in [0, 0.1) is 11.6 Å². The molecule has 114 valence electrons. The van der Waals surface area contributed by atoms with E-state index in [1.54, 1.807) is 0 Å². The molecule has 1 atom stereocenters. The standard InChI is InChI=1S/C18H18F2N2/c19-16-10-14(21)11-17(20)18(16)13-6-7-22-15(9-13)8-12-4-2-1-3-5-12/h1-6,10-11,15,22H,7-9,21H2. The quantitative estimate of drug-likeness (QED) is 0.851. The summed E-state index contributed by atoms with van der Waals surface area (Å²) in [7, 11) is 0. The van der Waals surface area contributed by atoms with Crippen molar-refractivity contribution in [3.05, 3.63) is 71.3 Å². The van der Waals surface area contributed by atoms with Gasteiger partial charge in [-0.1, -0.05) is 36.4 Å². The number of nitrogens with two attached hydrogens (primary N) is 1. The Balaban J connectivity index is 1.80. The van der Waals surface area contributed by atoms with Gasteiger partial charge in [0.1, 0.15) is 11.6 Å². The fraction of sp³-hybridized carbons (Fsp3) is 0.222. The molecule has 2 aromatic rings. The minimum atomic E-state index is -0.593. The van der Waals surface area contributed by atoms with Gasteiger partial charge >= 0.3 is 0 Å². The topological polar surface area (TPSA) is 38.0 Å². The number of benzene rings is 2. The van der Waals surface area contributed by atoms with Gasteiger partial charge in [0.25, 0.3) is 0 Å². The highest BCUT2D eigenvalue weighted by Gasteiger charge is 2.21. The van der Waals surface area contributed by atoms with Crippen LogP contribution in [0.1, 0.15) is 17.5 Å². The molecule has 2 aromatic carbocycles. The van der Waals surface area contributed by atoms with Crippen LogP contribution in [-0.2, 0) is 6.42 Å². The third kappa shape index (κ3) is 3.17. The predicted molar refractivity (Wildman–Crippen MR) is 85.3 cm³/mol. The second-order valence-corrected chi connectivity index (χ2v) is 5.59. The maximum Gasteiger partial charge on any atom is 0.135 e. The number of hydrogen-bond acceptors (Lipinski definition) is 2. The van der Waals surface area contributed by atoms with Crippen LogP contribution in [0.4, 0.5) is 14.5 Å². The lowest BCUT2D eigenvalue weighted by molar-refractivity contribution is 0.525. The Morgan fingerprint density at radius 3 is 2.45 bits per heavy atom. The summed E-state index contributed by atoms with van der Waals surface area (Å²) in [5.74, 6) is -1.19. The van der Waals surface area contributed by atoms with E-state index in [0.29, 0.717) is 18.5 Å². The minimum absolute atomic E-state index is 0.0498. The highest BCUT2D eigenvalue weighted by molar-refractivity contribution is 5.69. The van der Waals surface area contributed by atoms with Gasteiger partial charge in [-0.25, -0.2) is 8.78 Å². The van der Waals surface area contributed by atoms with Crippen molar-refractivity contribution < 1.29 is 8.78 Å². The minimum Gasteiger partial charge on any atom is -0.399 e. The summed E-state index contributed by atoms with van der Waals surface area (Å²) < 4.78 is 28.1. The van der Waals surface area contributed by atoms with Gasteiger partial charge in [-0.15, -0.1) is 0 Å². The first-order valence-corrected chi connectivity index (χ1v) is 7.34. The van der Waals surface area contributed by atoms with E-state index in [1.807, 2.05) is 24.3 Å². The Morgan fingerprint density at radius 1 is 1.09 bits per heavy atom. The Bertz CT molecular complexity index is 672. The van der Waals surface area contributed by atoms with E-state index in [0.717, 1.165) is 6.42 Å². The van der Waals surface area contributed by atoms with Crippen LogP contribution in [0.2, 0.25) is 0 Å². The number of nitrogens with one attached hydrogen (secondary N) is 1. The molecular weight excluding hydrogens is 282 g/mol. The summed E-state index contributed by atoms with van der Waals surface area (Å²) in [6.07, 6.45) is 3.27. The van der Waals surface area contributed by atoms with Gasteiger partial charge in [-0.2, -0.15) is 0 Å². The molecule has 4 heteroatoms. The van der Waals surface area contributed by atoms with E-state index < -0.39 is 11.6 Å². The molecule has 3 N–H and O–H groups in total. The molecular formula is C18H18F2N2. The molecule has 0 radical (unpaired) electrons. The molecule has 0 saturated heterocycles. The molecule has 0 fully saturated rings. The molecule has 0 aromatic heterocycles. The molecule has 0 bridgehead atoms. The largest absolute Gasteiger partial charge is 0.399 e. The molecule has 1 aliphatic rings. The summed E-state index contributed by atoms with van der Waals surface area (Å²) in [5, 5.41) is 3.37. The molecule has 0 amide bonds. The number of anilines is 1. The van der Waals surface area contributed by atoms with Gasteiger partial charge < -0.3 is 11.1 Å². The van der Waals surface area contributed by atoms with Crippen molar-refractivity contribution in [2.75, 3.05) is 12.3 Å². The van der Waals surface area contributed by atoms with Crippen molar-refractivity contribution in [2.45, 2.75) is 18.9 Å². The fourth-order valence-corrected chi connectivity index (χ4v) is 2.92. The highest BCUT2D eigenvalue weighted by atomic mass is 19.1. The van der Waals surface area contributed by atoms with Crippen molar-refractivity contribution in [1.82, 2.24) is 5.32 Å². The molecule has 1 unspecified atom stereocenters. The third-order valence-electron chi connectivity index (χ3n) is 3.93. The highest BCUT2D eigenvalue weighted by Crippen LogP contribution is 2.29. The summed E-state index contributed by atoms with van der Waals surface area (Å²) in [6.45, 7) is 0.607. The van der Waals surface area contributed by atoms with Crippen molar-refractivity contribution in [3.8, 4) is 0 Å². The Labute approximate surface area is 128 Å². The van der Waals surface area contributed by atoms with E-state index in [2.05, 4.69) is 17.4 Å². The number of halogens is 2. The monoisotopic (exact) mass is 300 g/mol. The van der Waals surface area contributed by atoms with E-state index in [1.165, 1.54) is 17.7 Å². The average Bonchev–Trinajstić information content (AvgIpc) is 2.47. The van der Waals surface area contributed by atoms with E-state index in [4.69, 9.17) is 5.73 Å². The van der Waals surface area contributed by atoms with Crippen LogP contribution in [0.15, 0.2) is 48.5 Å². The Morgan fingerprint density at radius 2 is 1.77 bits per heavy atom. The second kappa shape index (κ2) is 6.28. The normalized spacial score (nSPS) is 18.1. The first-order valence-electron chi connectivity index (χ1n) is 7.34. The van der Waals surface area contributed by atoms with Crippen LogP contribution < -0.4 is 11.1 Å². The third-order valence-corrected chi connectivity index (χ3v) is 3.93. The Kier molecular flexibility index (Phi) is 4.20. The van der Waals surface area contributed by atoms with Gasteiger partial charge in [-0.3, -0.25) is 0 Å². The van der Waals surface area contributed by atoms with Crippen molar-refractivity contribution >= 4 is 11.3 Å². The first kappa shape index (κ1) is 14.7. The van der Waals surface area contributed by atoms with Crippen LogP contribution in [-0.4, -0.2) is 12.6 Å². The number of nitrogen functional groups attached to an aromatic ring is 1.